The lowest BCUT2D eigenvalue weighted by atomic mass is 10.3. The van der Waals surface area contributed by atoms with Gasteiger partial charge < -0.3 is 10.6 Å². The van der Waals surface area contributed by atoms with E-state index in [1.54, 1.807) is 6.07 Å². The quantitative estimate of drug-likeness (QED) is 0.866. The van der Waals surface area contributed by atoms with E-state index in [9.17, 15) is 0 Å². The number of nitrogens with zero attached hydrogens (tertiary/aromatic N) is 1. The maximum absolute atomic E-state index is 5.91. The van der Waals surface area contributed by atoms with Gasteiger partial charge in [0.15, 0.2) is 0 Å². The molecule has 0 heterocycles. The zero-order valence-corrected chi connectivity index (χ0v) is 9.65. The third-order valence-electron chi connectivity index (χ3n) is 2.04. The zero-order valence-electron chi connectivity index (χ0n) is 8.13. The van der Waals surface area contributed by atoms with Crippen molar-refractivity contribution in [2.24, 2.45) is 5.73 Å². The fourth-order valence-electron chi connectivity index (χ4n) is 1.18. The first-order valence-corrected chi connectivity index (χ1v) is 5.27. The predicted molar refractivity (Wildman–Crippen MR) is 63.4 cm³/mol. The molecule has 1 aromatic carbocycles. The molecule has 0 atom stereocenters. The Kier molecular flexibility index (Phi) is 4.52. The van der Waals surface area contributed by atoms with E-state index >= 15 is 0 Å². The number of halogens is 2. The first kappa shape index (κ1) is 11.6. The molecule has 2 nitrogen and oxygen atoms in total. The normalized spacial score (nSPS) is 10.3. The second-order valence-corrected chi connectivity index (χ2v) is 3.98. The molecule has 0 aliphatic carbocycles. The lowest BCUT2D eigenvalue weighted by molar-refractivity contribution is 0.796. The number of nitrogens with two attached hydrogens (primary N) is 1. The molecule has 0 amide bonds. The molecule has 0 aliphatic rings. The molecule has 4 heteroatoms. The molecule has 0 fully saturated rings. The summed E-state index contributed by atoms with van der Waals surface area (Å²) in [6.07, 6.45) is 0.969. The van der Waals surface area contributed by atoms with Crippen LogP contribution in [0, 0.1) is 0 Å². The Hall–Kier alpha value is -0.440. The minimum absolute atomic E-state index is 0.586. The summed E-state index contributed by atoms with van der Waals surface area (Å²) in [5.74, 6) is 0. The van der Waals surface area contributed by atoms with Crippen molar-refractivity contribution >= 4 is 28.9 Å². The topological polar surface area (TPSA) is 29.3 Å². The first-order valence-electron chi connectivity index (χ1n) is 4.51. The van der Waals surface area contributed by atoms with Crippen molar-refractivity contribution in [3.05, 3.63) is 28.2 Å². The number of hydrogen-bond donors (Lipinski definition) is 1. The number of anilines is 1. The van der Waals surface area contributed by atoms with Crippen LogP contribution in [0.1, 0.15) is 6.42 Å². The van der Waals surface area contributed by atoms with Crippen LogP contribution in [0.4, 0.5) is 5.69 Å². The molecule has 0 spiro atoms. The summed E-state index contributed by atoms with van der Waals surface area (Å²) < 4.78 is 0. The van der Waals surface area contributed by atoms with Gasteiger partial charge in [0.2, 0.25) is 0 Å². The highest BCUT2D eigenvalue weighted by atomic mass is 35.5. The predicted octanol–water partition coefficient (Wildman–Crippen LogP) is 2.78. The van der Waals surface area contributed by atoms with E-state index in [0.29, 0.717) is 16.6 Å². The van der Waals surface area contributed by atoms with Gasteiger partial charge in [0, 0.05) is 19.3 Å². The van der Waals surface area contributed by atoms with Crippen LogP contribution in [-0.4, -0.2) is 20.1 Å². The summed E-state index contributed by atoms with van der Waals surface area (Å²) in [6.45, 7) is 1.63. The van der Waals surface area contributed by atoms with E-state index in [1.807, 2.05) is 19.2 Å². The van der Waals surface area contributed by atoms with Crippen LogP contribution in [0.5, 0.6) is 0 Å². The molecule has 2 N–H and O–H groups in total. The van der Waals surface area contributed by atoms with Crippen LogP contribution >= 0.6 is 23.2 Å². The van der Waals surface area contributed by atoms with Gasteiger partial charge in [-0.2, -0.15) is 0 Å². The molecule has 0 saturated carbocycles. The number of rotatable bonds is 4. The maximum atomic E-state index is 5.91. The van der Waals surface area contributed by atoms with Crippen molar-refractivity contribution in [1.82, 2.24) is 0 Å². The van der Waals surface area contributed by atoms with E-state index in [-0.39, 0.29) is 0 Å². The highest BCUT2D eigenvalue weighted by molar-refractivity contribution is 6.42. The Balaban J connectivity index is 2.70. The molecule has 0 aromatic heterocycles. The van der Waals surface area contributed by atoms with Gasteiger partial charge in [0.1, 0.15) is 0 Å². The second kappa shape index (κ2) is 5.44. The van der Waals surface area contributed by atoms with Gasteiger partial charge in [-0.05, 0) is 31.2 Å². The van der Waals surface area contributed by atoms with E-state index in [2.05, 4.69) is 4.90 Å². The molecule has 0 bridgehead atoms. The highest BCUT2D eigenvalue weighted by Crippen LogP contribution is 2.26. The monoisotopic (exact) mass is 232 g/mol. The van der Waals surface area contributed by atoms with Crippen molar-refractivity contribution in [3.63, 3.8) is 0 Å². The lowest BCUT2D eigenvalue weighted by Crippen LogP contribution is -2.20. The smallest absolute Gasteiger partial charge is 0.0612 e. The summed E-state index contributed by atoms with van der Waals surface area (Å²) >= 11 is 11.7. The van der Waals surface area contributed by atoms with Gasteiger partial charge in [0.05, 0.1) is 10.0 Å². The molecule has 78 valence electrons. The van der Waals surface area contributed by atoms with Gasteiger partial charge >= 0.3 is 0 Å². The van der Waals surface area contributed by atoms with Crippen LogP contribution in [-0.2, 0) is 0 Å². The minimum atomic E-state index is 0.586. The molecule has 0 aliphatic heterocycles. The minimum Gasteiger partial charge on any atom is -0.375 e. The van der Waals surface area contributed by atoms with E-state index in [1.165, 1.54) is 0 Å². The number of hydrogen-bond acceptors (Lipinski definition) is 2. The summed E-state index contributed by atoms with van der Waals surface area (Å²) in [5.41, 5.74) is 6.50. The first-order chi connectivity index (χ1) is 6.65. The van der Waals surface area contributed by atoms with Gasteiger partial charge in [0.25, 0.3) is 0 Å². The largest absolute Gasteiger partial charge is 0.375 e. The van der Waals surface area contributed by atoms with Gasteiger partial charge in [-0.15, -0.1) is 0 Å². The highest BCUT2D eigenvalue weighted by Gasteiger charge is 2.03. The molecular formula is C10H14Cl2N2. The van der Waals surface area contributed by atoms with Crippen LogP contribution in [0.25, 0.3) is 0 Å². The molecular weight excluding hydrogens is 219 g/mol. The fourth-order valence-corrected chi connectivity index (χ4v) is 1.47. The van der Waals surface area contributed by atoms with Crippen LogP contribution in [0.15, 0.2) is 18.2 Å². The third-order valence-corrected chi connectivity index (χ3v) is 2.78. The van der Waals surface area contributed by atoms with E-state index < -0.39 is 0 Å². The fraction of sp³-hybridized carbons (Fsp3) is 0.400. The summed E-state index contributed by atoms with van der Waals surface area (Å²) in [4.78, 5) is 2.11. The van der Waals surface area contributed by atoms with E-state index in [0.717, 1.165) is 18.7 Å². The van der Waals surface area contributed by atoms with E-state index in [4.69, 9.17) is 28.9 Å². The molecule has 14 heavy (non-hydrogen) atoms. The molecule has 1 rings (SSSR count). The maximum Gasteiger partial charge on any atom is 0.0612 e. The Morgan fingerprint density at radius 2 is 2.00 bits per heavy atom. The Morgan fingerprint density at radius 3 is 2.57 bits per heavy atom. The van der Waals surface area contributed by atoms with Crippen LogP contribution < -0.4 is 10.6 Å². The summed E-state index contributed by atoms with van der Waals surface area (Å²) in [6, 6.07) is 5.61. The zero-order chi connectivity index (χ0) is 10.6. The third kappa shape index (κ3) is 3.05. The summed E-state index contributed by atoms with van der Waals surface area (Å²) in [7, 11) is 2.01. The van der Waals surface area contributed by atoms with Crippen molar-refractivity contribution < 1.29 is 0 Å². The Morgan fingerprint density at radius 1 is 1.29 bits per heavy atom. The van der Waals surface area contributed by atoms with Crippen LogP contribution in [0.3, 0.4) is 0 Å². The SMILES string of the molecule is CN(CCCN)c1ccc(Cl)c(Cl)c1. The van der Waals surface area contributed by atoms with Crippen molar-refractivity contribution in [1.29, 1.82) is 0 Å². The van der Waals surface area contributed by atoms with Crippen molar-refractivity contribution in [2.75, 3.05) is 25.0 Å². The molecule has 0 radical (unpaired) electrons. The Bertz CT molecular complexity index is 302. The van der Waals surface area contributed by atoms with Crippen molar-refractivity contribution in [2.45, 2.75) is 6.42 Å². The molecule has 0 saturated heterocycles. The molecule has 1 aromatic rings. The van der Waals surface area contributed by atoms with Crippen LogP contribution in [0.2, 0.25) is 10.0 Å². The Labute approximate surface area is 94.6 Å². The van der Waals surface area contributed by atoms with Gasteiger partial charge in [-0.25, -0.2) is 0 Å². The second-order valence-electron chi connectivity index (χ2n) is 3.16. The average molecular weight is 233 g/mol. The van der Waals surface area contributed by atoms with Gasteiger partial charge in [-0.3, -0.25) is 0 Å². The standard InChI is InChI=1S/C10H14Cl2N2/c1-14(6-2-5-13)8-3-4-9(11)10(12)7-8/h3-4,7H,2,5-6,13H2,1H3. The van der Waals surface area contributed by atoms with Crippen molar-refractivity contribution in [3.8, 4) is 0 Å². The average Bonchev–Trinajstić information content (AvgIpc) is 2.18. The summed E-state index contributed by atoms with van der Waals surface area (Å²) in [5, 5.41) is 1.17. The number of benzene rings is 1. The molecule has 0 unspecified atom stereocenters. The van der Waals surface area contributed by atoms with Gasteiger partial charge in [-0.1, -0.05) is 23.2 Å². The lowest BCUT2D eigenvalue weighted by Gasteiger charge is -2.19.